The first-order valence-electron chi connectivity index (χ1n) is 13.1. The number of guanidine groups is 1. The fourth-order valence-electron chi connectivity index (χ4n) is 4.11. The maximum absolute atomic E-state index is 13.2. The number of aliphatic carboxylic acids is 1. The van der Waals surface area contributed by atoms with E-state index < -0.39 is 66.1 Å². The van der Waals surface area contributed by atoms with Gasteiger partial charge in [-0.2, -0.15) is 0 Å². The lowest BCUT2D eigenvalue weighted by Gasteiger charge is -2.26. The fourth-order valence-corrected chi connectivity index (χ4v) is 4.11. The average molecular weight is 574 g/mol. The van der Waals surface area contributed by atoms with E-state index in [9.17, 15) is 29.1 Å². The molecule has 0 aliphatic rings. The van der Waals surface area contributed by atoms with Crippen molar-refractivity contribution in [3.63, 3.8) is 0 Å². The van der Waals surface area contributed by atoms with Crippen LogP contribution in [0.2, 0.25) is 0 Å². The third-order valence-electron chi connectivity index (χ3n) is 6.30. The standard InChI is InChI=1S/C26H39N9O6/c1-13(2)21(24(39)34-19(25(40)41)10-14-12-32-17-8-4-3-6-15(14)17)35-23(38)18(11-20(28)36)33-22(37)16(27)7-5-9-31-26(29)30/h3-4,6,8,12-13,16,18-19,21,32H,5,7,9-11,27H2,1-2H3,(H2,28,36)(H,33,37)(H,34,39)(H,35,38)(H,40,41)(H4,29,30,31). The molecule has 0 spiro atoms. The van der Waals surface area contributed by atoms with E-state index in [2.05, 4.69) is 25.9 Å². The molecule has 0 saturated carbocycles. The molecule has 4 unspecified atom stereocenters. The number of hydrogen-bond acceptors (Lipinski definition) is 7. The van der Waals surface area contributed by atoms with E-state index in [1.165, 1.54) is 0 Å². The Kier molecular flexibility index (Phi) is 12.1. The number of nitrogens with one attached hydrogen (secondary N) is 4. The molecular formula is C26H39N9O6. The van der Waals surface area contributed by atoms with Crippen LogP contribution >= 0.6 is 0 Å². The van der Waals surface area contributed by atoms with Crippen LogP contribution in [0.15, 0.2) is 35.5 Å². The number of nitrogens with two attached hydrogens (primary N) is 4. The second kappa shape index (κ2) is 15.2. The van der Waals surface area contributed by atoms with Crippen LogP contribution in [0.5, 0.6) is 0 Å². The first kappa shape index (κ1) is 32.6. The monoisotopic (exact) mass is 573 g/mol. The van der Waals surface area contributed by atoms with Crippen molar-refractivity contribution in [3.8, 4) is 0 Å². The summed E-state index contributed by atoms with van der Waals surface area (Å²) in [5.74, 6) is -5.04. The molecule has 0 aliphatic carbocycles. The molecule has 1 heterocycles. The zero-order valence-corrected chi connectivity index (χ0v) is 23.1. The Bertz CT molecular complexity index is 1270. The zero-order valence-electron chi connectivity index (χ0n) is 23.1. The number of nitrogens with zero attached hydrogens (tertiary/aromatic N) is 1. The number of benzene rings is 1. The number of rotatable bonds is 16. The summed E-state index contributed by atoms with van der Waals surface area (Å²) in [4.78, 5) is 69.4. The van der Waals surface area contributed by atoms with Gasteiger partial charge in [-0.25, -0.2) is 4.79 Å². The zero-order chi connectivity index (χ0) is 30.7. The first-order valence-corrected chi connectivity index (χ1v) is 13.1. The van der Waals surface area contributed by atoms with Gasteiger partial charge in [0, 0.05) is 30.1 Å². The van der Waals surface area contributed by atoms with Gasteiger partial charge in [-0.05, 0) is 30.4 Å². The molecular weight excluding hydrogens is 534 g/mol. The number of para-hydroxylation sites is 1. The normalized spacial score (nSPS) is 14.0. The summed E-state index contributed by atoms with van der Waals surface area (Å²) in [5, 5.41) is 18.0. The van der Waals surface area contributed by atoms with Gasteiger partial charge in [-0.15, -0.1) is 0 Å². The summed E-state index contributed by atoms with van der Waals surface area (Å²) in [6, 6.07) is 2.41. The first-order chi connectivity index (χ1) is 19.3. The minimum atomic E-state index is -1.42. The molecule has 41 heavy (non-hydrogen) atoms. The van der Waals surface area contributed by atoms with Crippen LogP contribution in [0, 0.1) is 5.92 Å². The predicted octanol–water partition coefficient (Wildman–Crippen LogP) is -1.84. The number of primary amides is 1. The van der Waals surface area contributed by atoms with Gasteiger partial charge in [0.15, 0.2) is 5.96 Å². The predicted molar refractivity (Wildman–Crippen MR) is 152 cm³/mol. The van der Waals surface area contributed by atoms with Gasteiger partial charge in [0.25, 0.3) is 0 Å². The maximum atomic E-state index is 13.2. The van der Waals surface area contributed by atoms with Crippen LogP contribution in [-0.4, -0.2) is 76.4 Å². The lowest BCUT2D eigenvalue weighted by atomic mass is 10.00. The number of aromatic nitrogens is 1. The average Bonchev–Trinajstić information content (AvgIpc) is 3.30. The highest BCUT2D eigenvalue weighted by Gasteiger charge is 2.32. The van der Waals surface area contributed by atoms with E-state index in [-0.39, 0.29) is 25.3 Å². The van der Waals surface area contributed by atoms with Crippen LogP contribution in [0.1, 0.15) is 38.7 Å². The fraction of sp³-hybridized carbons (Fsp3) is 0.462. The minimum Gasteiger partial charge on any atom is -0.480 e. The Morgan fingerprint density at radius 1 is 0.951 bits per heavy atom. The quantitative estimate of drug-likeness (QED) is 0.0619. The van der Waals surface area contributed by atoms with Gasteiger partial charge in [0.05, 0.1) is 12.5 Å². The van der Waals surface area contributed by atoms with Gasteiger partial charge in [0.1, 0.15) is 18.1 Å². The van der Waals surface area contributed by atoms with Crippen molar-refractivity contribution in [2.75, 3.05) is 6.54 Å². The molecule has 0 fully saturated rings. The highest BCUT2D eigenvalue weighted by Crippen LogP contribution is 2.19. The van der Waals surface area contributed by atoms with Gasteiger partial charge in [-0.3, -0.25) is 24.2 Å². The van der Waals surface area contributed by atoms with Crippen molar-refractivity contribution in [1.29, 1.82) is 0 Å². The number of aromatic amines is 1. The molecule has 224 valence electrons. The van der Waals surface area contributed by atoms with E-state index in [1.54, 1.807) is 20.0 Å². The molecule has 0 aliphatic heterocycles. The number of carbonyl (C=O) groups excluding carboxylic acids is 4. The largest absolute Gasteiger partial charge is 0.480 e. The van der Waals surface area contributed by atoms with Crippen molar-refractivity contribution in [2.24, 2.45) is 33.8 Å². The van der Waals surface area contributed by atoms with E-state index in [0.29, 0.717) is 12.0 Å². The summed E-state index contributed by atoms with van der Waals surface area (Å²) in [7, 11) is 0. The van der Waals surface area contributed by atoms with Crippen molar-refractivity contribution in [2.45, 2.75) is 63.7 Å². The Balaban J connectivity index is 2.10. The molecule has 1 aromatic heterocycles. The third-order valence-corrected chi connectivity index (χ3v) is 6.30. The SMILES string of the molecule is CC(C)C(NC(=O)C(CC(N)=O)NC(=O)C(N)CCCN=C(N)N)C(=O)NC(Cc1c[nH]c2ccccc12)C(=O)O. The van der Waals surface area contributed by atoms with Crippen LogP contribution in [-0.2, 0) is 30.4 Å². The minimum absolute atomic E-state index is 0.00865. The van der Waals surface area contributed by atoms with E-state index >= 15 is 0 Å². The Morgan fingerprint density at radius 3 is 2.22 bits per heavy atom. The second-order valence-corrected chi connectivity index (χ2v) is 9.98. The molecule has 4 atom stereocenters. The summed E-state index contributed by atoms with van der Waals surface area (Å²) in [6.07, 6.45) is 1.70. The van der Waals surface area contributed by atoms with Gasteiger partial charge in [0.2, 0.25) is 23.6 Å². The molecule has 2 aromatic rings. The number of carbonyl (C=O) groups is 5. The molecule has 0 radical (unpaired) electrons. The molecule has 0 bridgehead atoms. The number of aliphatic imine (C=N–C) groups is 1. The third kappa shape index (κ3) is 10.1. The van der Waals surface area contributed by atoms with Crippen LogP contribution in [0.25, 0.3) is 10.9 Å². The van der Waals surface area contributed by atoms with Crippen molar-refractivity contribution < 1.29 is 29.1 Å². The number of carboxylic acid groups (broad SMARTS) is 1. The summed E-state index contributed by atoms with van der Waals surface area (Å²) < 4.78 is 0. The number of fused-ring (bicyclic) bond motifs is 1. The lowest BCUT2D eigenvalue weighted by Crippen LogP contribution is -2.59. The topological polar surface area (TPSA) is 274 Å². The Morgan fingerprint density at radius 2 is 1.61 bits per heavy atom. The maximum Gasteiger partial charge on any atom is 0.326 e. The van der Waals surface area contributed by atoms with Crippen molar-refractivity contribution in [1.82, 2.24) is 20.9 Å². The molecule has 15 heteroatoms. The highest BCUT2D eigenvalue weighted by molar-refractivity contribution is 5.96. The molecule has 13 N–H and O–H groups in total. The summed E-state index contributed by atoms with van der Waals surface area (Å²) in [6.45, 7) is 3.54. The van der Waals surface area contributed by atoms with Gasteiger partial charge >= 0.3 is 5.97 Å². The summed E-state index contributed by atoms with van der Waals surface area (Å²) in [5.41, 5.74) is 23.2. The van der Waals surface area contributed by atoms with Crippen molar-refractivity contribution >= 4 is 46.5 Å². The molecule has 2 rings (SSSR count). The number of carboxylic acids is 1. The lowest BCUT2D eigenvalue weighted by molar-refractivity contribution is -0.142. The molecule has 0 saturated heterocycles. The van der Waals surface area contributed by atoms with E-state index in [0.717, 1.165) is 10.9 Å². The van der Waals surface area contributed by atoms with E-state index in [4.69, 9.17) is 22.9 Å². The van der Waals surface area contributed by atoms with E-state index in [1.807, 2.05) is 24.3 Å². The number of amides is 4. The second-order valence-electron chi connectivity index (χ2n) is 9.98. The van der Waals surface area contributed by atoms with Gasteiger partial charge < -0.3 is 49.0 Å². The molecule has 4 amide bonds. The van der Waals surface area contributed by atoms with Crippen molar-refractivity contribution in [3.05, 3.63) is 36.0 Å². The molecule has 1 aromatic carbocycles. The van der Waals surface area contributed by atoms with Gasteiger partial charge in [-0.1, -0.05) is 32.0 Å². The smallest absolute Gasteiger partial charge is 0.326 e. The number of hydrogen-bond donors (Lipinski definition) is 9. The van der Waals surface area contributed by atoms with Crippen LogP contribution in [0.3, 0.4) is 0 Å². The highest BCUT2D eigenvalue weighted by atomic mass is 16.4. The Hall–Kier alpha value is -4.66. The number of H-pyrrole nitrogens is 1. The van der Waals surface area contributed by atoms with Crippen LogP contribution < -0.4 is 38.9 Å². The summed E-state index contributed by atoms with van der Waals surface area (Å²) >= 11 is 0. The Labute approximate surface area is 236 Å². The molecule has 15 nitrogen and oxygen atoms in total. The van der Waals surface area contributed by atoms with Crippen LogP contribution in [0.4, 0.5) is 0 Å².